The van der Waals surface area contributed by atoms with Crippen molar-refractivity contribution in [1.29, 1.82) is 0 Å². The first-order chi connectivity index (χ1) is 11.2. The van der Waals surface area contributed by atoms with E-state index in [1.54, 1.807) is 6.08 Å². The van der Waals surface area contributed by atoms with Crippen LogP contribution in [0.15, 0.2) is 67.3 Å². The number of nitrogens with one attached hydrogen (secondary N) is 1. The summed E-state index contributed by atoms with van der Waals surface area (Å²) < 4.78 is 5.54. The van der Waals surface area contributed by atoms with E-state index in [9.17, 15) is 4.79 Å². The maximum Gasteiger partial charge on any atom is 0.238 e. The Morgan fingerprint density at radius 3 is 2.61 bits per heavy atom. The average Bonchev–Trinajstić information content (AvgIpc) is 2.54. The van der Waals surface area contributed by atoms with Gasteiger partial charge >= 0.3 is 0 Å². The predicted molar refractivity (Wildman–Crippen MR) is 93.5 cm³/mol. The molecule has 0 radical (unpaired) electrons. The summed E-state index contributed by atoms with van der Waals surface area (Å²) >= 11 is 0. The number of para-hydroxylation sites is 2. The van der Waals surface area contributed by atoms with E-state index in [4.69, 9.17) is 4.74 Å². The van der Waals surface area contributed by atoms with E-state index < -0.39 is 0 Å². The zero-order valence-electron chi connectivity index (χ0n) is 13.4. The molecular weight excluding hydrogens is 288 g/mol. The molecule has 0 fully saturated rings. The summed E-state index contributed by atoms with van der Waals surface area (Å²) in [7, 11) is 1.92. The molecule has 4 heteroatoms. The van der Waals surface area contributed by atoms with Crippen LogP contribution in [0, 0.1) is 0 Å². The number of ether oxygens (including phenoxy) is 1. The van der Waals surface area contributed by atoms with E-state index in [0.717, 1.165) is 6.54 Å². The fourth-order valence-electron chi connectivity index (χ4n) is 2.23. The van der Waals surface area contributed by atoms with E-state index in [2.05, 4.69) is 11.9 Å². The van der Waals surface area contributed by atoms with Gasteiger partial charge in [-0.25, -0.2) is 0 Å². The third kappa shape index (κ3) is 5.60. The molecule has 0 bridgehead atoms. The molecule has 2 rings (SSSR count). The first-order valence-corrected chi connectivity index (χ1v) is 7.54. The van der Waals surface area contributed by atoms with Crippen molar-refractivity contribution in [2.24, 2.45) is 0 Å². The number of carbonyl (C=O) groups is 1. The van der Waals surface area contributed by atoms with Crippen molar-refractivity contribution in [3.8, 4) is 5.75 Å². The fraction of sp³-hybridized carbons (Fsp3) is 0.211. The van der Waals surface area contributed by atoms with Crippen molar-refractivity contribution in [3.63, 3.8) is 0 Å². The number of benzene rings is 2. The molecule has 23 heavy (non-hydrogen) atoms. The second-order valence-electron chi connectivity index (χ2n) is 5.30. The molecule has 4 nitrogen and oxygen atoms in total. The van der Waals surface area contributed by atoms with Crippen LogP contribution >= 0.6 is 0 Å². The van der Waals surface area contributed by atoms with Crippen LogP contribution in [0.4, 0.5) is 5.69 Å². The van der Waals surface area contributed by atoms with Gasteiger partial charge in [0.15, 0.2) is 0 Å². The van der Waals surface area contributed by atoms with Crippen LogP contribution in [0.25, 0.3) is 0 Å². The third-order valence-corrected chi connectivity index (χ3v) is 3.23. The van der Waals surface area contributed by atoms with Crippen LogP contribution in [-0.2, 0) is 11.3 Å². The summed E-state index contributed by atoms with van der Waals surface area (Å²) in [5.41, 5.74) is 1.85. The lowest BCUT2D eigenvalue weighted by atomic mass is 10.2. The van der Waals surface area contributed by atoms with Gasteiger partial charge in [-0.1, -0.05) is 55.1 Å². The summed E-state index contributed by atoms with van der Waals surface area (Å²) in [5, 5.41) is 2.90. The Hall–Kier alpha value is -2.59. The van der Waals surface area contributed by atoms with Crippen LogP contribution in [0.1, 0.15) is 5.56 Å². The van der Waals surface area contributed by atoms with Gasteiger partial charge < -0.3 is 10.1 Å². The zero-order chi connectivity index (χ0) is 16.5. The molecule has 1 N–H and O–H groups in total. The number of amides is 1. The van der Waals surface area contributed by atoms with Gasteiger partial charge in [-0.3, -0.25) is 9.69 Å². The van der Waals surface area contributed by atoms with Gasteiger partial charge in [-0.2, -0.15) is 0 Å². The standard InChI is InChI=1S/C19H22N2O2/c1-3-13-23-18-12-8-7-11-17(18)20-19(22)15-21(2)14-16-9-5-4-6-10-16/h3-12H,1,13-15H2,2H3,(H,20,22). The highest BCUT2D eigenvalue weighted by molar-refractivity contribution is 5.93. The van der Waals surface area contributed by atoms with Crippen LogP contribution in [-0.4, -0.2) is 31.0 Å². The minimum atomic E-state index is -0.0712. The number of rotatable bonds is 8. The molecular formula is C19H22N2O2. The van der Waals surface area contributed by atoms with Crippen molar-refractivity contribution in [1.82, 2.24) is 4.90 Å². The van der Waals surface area contributed by atoms with Gasteiger partial charge in [0, 0.05) is 6.54 Å². The summed E-state index contributed by atoms with van der Waals surface area (Å²) in [6, 6.07) is 17.5. The zero-order valence-corrected chi connectivity index (χ0v) is 13.4. The van der Waals surface area contributed by atoms with Crippen molar-refractivity contribution in [2.75, 3.05) is 25.5 Å². The molecule has 0 saturated carbocycles. The molecule has 0 heterocycles. The van der Waals surface area contributed by atoms with Crippen molar-refractivity contribution in [3.05, 3.63) is 72.8 Å². The van der Waals surface area contributed by atoms with E-state index >= 15 is 0 Å². The Labute approximate surface area is 137 Å². The van der Waals surface area contributed by atoms with Gasteiger partial charge in [0.05, 0.1) is 12.2 Å². The highest BCUT2D eigenvalue weighted by Crippen LogP contribution is 2.23. The second-order valence-corrected chi connectivity index (χ2v) is 5.30. The largest absolute Gasteiger partial charge is 0.487 e. The lowest BCUT2D eigenvalue weighted by Gasteiger charge is -2.17. The molecule has 0 aliphatic heterocycles. The number of carbonyl (C=O) groups excluding carboxylic acids is 1. The molecule has 0 spiro atoms. The highest BCUT2D eigenvalue weighted by Gasteiger charge is 2.10. The van der Waals surface area contributed by atoms with Gasteiger partial charge in [0.2, 0.25) is 5.91 Å². The quantitative estimate of drug-likeness (QED) is 0.761. The monoisotopic (exact) mass is 310 g/mol. The lowest BCUT2D eigenvalue weighted by molar-refractivity contribution is -0.117. The Morgan fingerprint density at radius 2 is 1.87 bits per heavy atom. The Bertz CT molecular complexity index is 641. The van der Waals surface area contributed by atoms with Crippen LogP contribution in [0.3, 0.4) is 0 Å². The minimum absolute atomic E-state index is 0.0712. The van der Waals surface area contributed by atoms with Gasteiger partial charge in [0.1, 0.15) is 12.4 Å². The van der Waals surface area contributed by atoms with Crippen LogP contribution < -0.4 is 10.1 Å². The highest BCUT2D eigenvalue weighted by atomic mass is 16.5. The van der Waals surface area contributed by atoms with Crippen molar-refractivity contribution >= 4 is 11.6 Å². The fourth-order valence-corrected chi connectivity index (χ4v) is 2.23. The normalized spacial score (nSPS) is 10.3. The molecule has 120 valence electrons. The number of anilines is 1. The smallest absolute Gasteiger partial charge is 0.238 e. The van der Waals surface area contributed by atoms with E-state index in [1.165, 1.54) is 5.56 Å². The van der Waals surface area contributed by atoms with E-state index in [1.807, 2.05) is 66.5 Å². The molecule has 2 aromatic carbocycles. The number of hydrogen-bond donors (Lipinski definition) is 1. The van der Waals surface area contributed by atoms with Gasteiger partial charge in [0.25, 0.3) is 0 Å². The van der Waals surface area contributed by atoms with Gasteiger partial charge in [-0.05, 0) is 24.7 Å². The number of hydrogen-bond acceptors (Lipinski definition) is 3. The summed E-state index contributed by atoms with van der Waals surface area (Å²) in [6.45, 7) is 5.07. The molecule has 0 aliphatic rings. The number of likely N-dealkylation sites (N-methyl/N-ethyl adjacent to an activating group) is 1. The third-order valence-electron chi connectivity index (χ3n) is 3.23. The summed E-state index contributed by atoms with van der Waals surface area (Å²) in [5.74, 6) is 0.574. The maximum absolute atomic E-state index is 12.2. The predicted octanol–water partition coefficient (Wildman–Crippen LogP) is 3.32. The maximum atomic E-state index is 12.2. The van der Waals surface area contributed by atoms with Crippen molar-refractivity contribution in [2.45, 2.75) is 6.54 Å². The van der Waals surface area contributed by atoms with Crippen molar-refractivity contribution < 1.29 is 9.53 Å². The molecule has 0 aliphatic carbocycles. The molecule has 0 atom stereocenters. The average molecular weight is 310 g/mol. The topological polar surface area (TPSA) is 41.6 Å². The first kappa shape index (κ1) is 16.8. The Kier molecular flexibility index (Phi) is 6.39. The summed E-state index contributed by atoms with van der Waals surface area (Å²) in [6.07, 6.45) is 1.67. The molecule has 0 saturated heterocycles. The first-order valence-electron chi connectivity index (χ1n) is 7.54. The van der Waals surface area contributed by atoms with Crippen LogP contribution in [0.2, 0.25) is 0 Å². The molecule has 2 aromatic rings. The van der Waals surface area contributed by atoms with Crippen LogP contribution in [0.5, 0.6) is 5.75 Å². The van der Waals surface area contributed by atoms with Gasteiger partial charge in [-0.15, -0.1) is 0 Å². The Balaban J connectivity index is 1.90. The molecule has 0 unspecified atom stereocenters. The number of nitrogens with zero attached hydrogens (tertiary/aromatic N) is 1. The van der Waals surface area contributed by atoms with E-state index in [0.29, 0.717) is 24.6 Å². The molecule has 1 amide bonds. The second kappa shape index (κ2) is 8.76. The summed E-state index contributed by atoms with van der Waals surface area (Å²) in [4.78, 5) is 14.2. The lowest BCUT2D eigenvalue weighted by Crippen LogP contribution is -2.29. The Morgan fingerprint density at radius 1 is 1.17 bits per heavy atom. The molecule has 0 aromatic heterocycles. The van der Waals surface area contributed by atoms with E-state index in [-0.39, 0.29) is 5.91 Å². The minimum Gasteiger partial charge on any atom is -0.487 e. The SMILES string of the molecule is C=CCOc1ccccc1NC(=O)CN(C)Cc1ccccc1.